The number of methoxy groups -OCH3 is 1. The van der Waals surface area contributed by atoms with E-state index in [-0.39, 0.29) is 6.61 Å². The molecule has 0 aromatic heterocycles. The number of rotatable bonds is 10. The third-order valence-electron chi connectivity index (χ3n) is 5.20. The molecule has 3 rings (SSSR count). The van der Waals surface area contributed by atoms with E-state index in [0.717, 1.165) is 27.3 Å². The molecular weight excluding hydrogens is 617 g/mol. The van der Waals surface area contributed by atoms with Crippen LogP contribution in [0.3, 0.4) is 0 Å². The maximum absolute atomic E-state index is 12.5. The van der Waals surface area contributed by atoms with Gasteiger partial charge in [-0.2, -0.15) is 5.10 Å². The molecule has 1 N–H and O–H groups in total. The van der Waals surface area contributed by atoms with Crippen LogP contribution in [0.25, 0.3) is 0 Å². The number of hydrogen-bond acceptors (Lipinski definition) is 6. The van der Waals surface area contributed by atoms with Gasteiger partial charge in [-0.15, -0.1) is 0 Å². The number of benzene rings is 3. The van der Waals surface area contributed by atoms with Crippen molar-refractivity contribution in [3.8, 4) is 11.5 Å². The third kappa shape index (κ3) is 8.10. The van der Waals surface area contributed by atoms with Crippen molar-refractivity contribution in [1.29, 1.82) is 0 Å². The summed E-state index contributed by atoms with van der Waals surface area (Å²) in [5.74, 6) is 0.306. The average Bonchev–Trinajstić information content (AvgIpc) is 2.82. The maximum atomic E-state index is 12.5. The molecule has 0 saturated carbocycles. The molecule has 0 aliphatic carbocycles. The first-order chi connectivity index (χ1) is 17.9. The largest absolute Gasteiger partial charge is 0.493 e. The highest BCUT2D eigenvalue weighted by molar-refractivity contribution is 9.10. The summed E-state index contributed by atoms with van der Waals surface area (Å²) in [6, 6.07) is 14.0. The first kappa shape index (κ1) is 29.8. The Morgan fingerprint density at radius 1 is 1.08 bits per heavy atom. The van der Waals surface area contributed by atoms with E-state index in [1.807, 2.05) is 26.0 Å². The number of carbonyl (C=O) groups is 1. The van der Waals surface area contributed by atoms with Crippen LogP contribution < -0.4 is 19.2 Å². The average molecular weight is 643 g/mol. The summed E-state index contributed by atoms with van der Waals surface area (Å²) in [4.78, 5) is 12.5. The van der Waals surface area contributed by atoms with Crippen LogP contribution in [0.4, 0.5) is 5.69 Å². The van der Waals surface area contributed by atoms with Crippen LogP contribution >= 0.6 is 39.1 Å². The molecule has 0 fully saturated rings. The van der Waals surface area contributed by atoms with Crippen molar-refractivity contribution in [2.75, 3.05) is 24.2 Å². The second-order valence-corrected chi connectivity index (χ2v) is 12.1. The highest BCUT2D eigenvalue weighted by Crippen LogP contribution is 2.37. The van der Waals surface area contributed by atoms with Gasteiger partial charge in [0.1, 0.15) is 13.2 Å². The van der Waals surface area contributed by atoms with E-state index >= 15 is 0 Å². The van der Waals surface area contributed by atoms with Crippen molar-refractivity contribution in [3.63, 3.8) is 0 Å². The quantitative estimate of drug-likeness (QED) is 0.220. The Kier molecular flexibility index (Phi) is 10.1. The van der Waals surface area contributed by atoms with Gasteiger partial charge in [-0.25, -0.2) is 13.8 Å². The highest BCUT2D eigenvalue weighted by Gasteiger charge is 2.21. The Balaban J connectivity index is 1.70. The van der Waals surface area contributed by atoms with E-state index in [9.17, 15) is 13.2 Å². The smallest absolute Gasteiger partial charge is 0.260 e. The van der Waals surface area contributed by atoms with Gasteiger partial charge in [0.2, 0.25) is 10.0 Å². The number of sulfonamides is 1. The standard InChI is InChI=1S/C26H26BrCl2N3O5S/c1-16-7-17(2)9-20(8-16)32(38(4,34)35)14-25(33)31-30-13-19-10-21(27)26(24(12-19)36-3)37-15-18-5-6-22(28)23(29)11-18/h5-13H,14-15H2,1-4H3,(H,31,33)/b30-13-. The van der Waals surface area contributed by atoms with E-state index in [4.69, 9.17) is 32.7 Å². The minimum absolute atomic E-state index is 0.229. The molecule has 0 aliphatic heterocycles. The summed E-state index contributed by atoms with van der Waals surface area (Å²) >= 11 is 15.5. The summed E-state index contributed by atoms with van der Waals surface area (Å²) < 4.78 is 37.7. The lowest BCUT2D eigenvalue weighted by molar-refractivity contribution is -0.119. The zero-order chi connectivity index (χ0) is 28.0. The van der Waals surface area contributed by atoms with Gasteiger partial charge in [-0.3, -0.25) is 9.10 Å². The SMILES string of the molecule is COc1cc(/C=N\NC(=O)CN(c2cc(C)cc(C)c2)S(C)(=O)=O)cc(Br)c1OCc1ccc(Cl)c(Cl)c1. The Morgan fingerprint density at radius 2 is 1.76 bits per heavy atom. The molecule has 0 atom stereocenters. The van der Waals surface area contributed by atoms with Gasteiger partial charge in [-0.05, 0) is 88.4 Å². The van der Waals surface area contributed by atoms with Crippen LogP contribution in [0.15, 0.2) is 58.1 Å². The van der Waals surface area contributed by atoms with E-state index in [1.54, 1.807) is 36.4 Å². The molecule has 1 amide bonds. The van der Waals surface area contributed by atoms with Gasteiger partial charge in [0, 0.05) is 0 Å². The second kappa shape index (κ2) is 12.8. The predicted molar refractivity (Wildman–Crippen MR) is 155 cm³/mol. The summed E-state index contributed by atoms with van der Waals surface area (Å²) in [5.41, 5.74) is 5.98. The van der Waals surface area contributed by atoms with Crippen molar-refractivity contribution >= 4 is 67.0 Å². The molecule has 38 heavy (non-hydrogen) atoms. The van der Waals surface area contributed by atoms with Crippen molar-refractivity contribution in [3.05, 3.63) is 85.3 Å². The fraction of sp³-hybridized carbons (Fsp3) is 0.231. The molecule has 12 heteroatoms. The molecule has 0 spiro atoms. The molecule has 0 aliphatic rings. The Labute approximate surface area is 240 Å². The number of nitrogens with one attached hydrogen (secondary N) is 1. The van der Waals surface area contributed by atoms with Crippen molar-refractivity contribution in [1.82, 2.24) is 5.43 Å². The Hall–Kier alpha value is -2.79. The number of ether oxygens (including phenoxy) is 2. The maximum Gasteiger partial charge on any atom is 0.260 e. The number of hydrogen-bond donors (Lipinski definition) is 1. The second-order valence-electron chi connectivity index (χ2n) is 8.48. The molecule has 3 aromatic rings. The summed E-state index contributed by atoms with van der Waals surface area (Å²) in [6.45, 7) is 3.52. The summed E-state index contributed by atoms with van der Waals surface area (Å²) in [7, 11) is -2.20. The molecule has 0 radical (unpaired) electrons. The fourth-order valence-electron chi connectivity index (χ4n) is 3.58. The lowest BCUT2D eigenvalue weighted by atomic mass is 10.1. The molecular formula is C26H26BrCl2N3O5S. The first-order valence-electron chi connectivity index (χ1n) is 11.2. The van der Waals surface area contributed by atoms with Gasteiger partial charge >= 0.3 is 0 Å². The van der Waals surface area contributed by atoms with Crippen LogP contribution in [-0.2, 0) is 21.4 Å². The predicted octanol–water partition coefficient (Wildman–Crippen LogP) is 5.88. The van der Waals surface area contributed by atoms with E-state index in [0.29, 0.717) is 37.3 Å². The minimum atomic E-state index is -3.70. The molecule has 0 unspecified atom stereocenters. The van der Waals surface area contributed by atoms with Gasteiger partial charge in [0.15, 0.2) is 11.5 Å². The Bertz CT molecular complexity index is 1460. The topological polar surface area (TPSA) is 97.3 Å². The molecule has 0 bridgehead atoms. The van der Waals surface area contributed by atoms with Crippen LogP contribution in [0, 0.1) is 13.8 Å². The normalized spacial score (nSPS) is 11.4. The van der Waals surface area contributed by atoms with Crippen molar-refractivity contribution < 1.29 is 22.7 Å². The van der Waals surface area contributed by atoms with E-state index in [1.165, 1.54) is 13.3 Å². The van der Waals surface area contributed by atoms with E-state index in [2.05, 4.69) is 26.5 Å². The van der Waals surface area contributed by atoms with Crippen molar-refractivity contribution in [2.24, 2.45) is 5.10 Å². The van der Waals surface area contributed by atoms with Gasteiger partial charge < -0.3 is 9.47 Å². The number of aryl methyl sites for hydroxylation is 2. The van der Waals surface area contributed by atoms with Crippen LogP contribution in [0.2, 0.25) is 10.0 Å². The van der Waals surface area contributed by atoms with E-state index < -0.39 is 22.5 Å². The molecule has 8 nitrogen and oxygen atoms in total. The summed E-state index contributed by atoms with van der Waals surface area (Å²) in [5, 5.41) is 4.86. The Morgan fingerprint density at radius 3 is 2.37 bits per heavy atom. The number of hydrazone groups is 1. The number of anilines is 1. The summed E-state index contributed by atoms with van der Waals surface area (Å²) in [6.07, 6.45) is 2.46. The van der Waals surface area contributed by atoms with Crippen LogP contribution in [-0.4, -0.2) is 40.4 Å². The van der Waals surface area contributed by atoms with Crippen LogP contribution in [0.5, 0.6) is 11.5 Å². The number of halogens is 3. The molecule has 0 saturated heterocycles. The molecule has 0 heterocycles. The highest BCUT2D eigenvalue weighted by atomic mass is 79.9. The molecule has 202 valence electrons. The molecule has 3 aromatic carbocycles. The lowest BCUT2D eigenvalue weighted by Gasteiger charge is -2.22. The zero-order valence-corrected chi connectivity index (χ0v) is 25.0. The van der Waals surface area contributed by atoms with Gasteiger partial charge in [0.25, 0.3) is 5.91 Å². The third-order valence-corrected chi connectivity index (χ3v) is 7.67. The van der Waals surface area contributed by atoms with Gasteiger partial charge in [-0.1, -0.05) is 35.3 Å². The van der Waals surface area contributed by atoms with Crippen molar-refractivity contribution in [2.45, 2.75) is 20.5 Å². The zero-order valence-electron chi connectivity index (χ0n) is 21.1. The van der Waals surface area contributed by atoms with Gasteiger partial charge in [0.05, 0.1) is 39.8 Å². The monoisotopic (exact) mass is 641 g/mol. The number of carbonyl (C=O) groups excluding carboxylic acids is 1. The lowest BCUT2D eigenvalue weighted by Crippen LogP contribution is -2.39. The minimum Gasteiger partial charge on any atom is -0.493 e. The fourth-order valence-corrected chi connectivity index (χ4v) is 5.31. The number of nitrogens with zero attached hydrogens (tertiary/aromatic N) is 2. The first-order valence-corrected chi connectivity index (χ1v) is 14.6. The number of amides is 1. The van der Waals surface area contributed by atoms with Crippen LogP contribution in [0.1, 0.15) is 22.3 Å².